The van der Waals surface area contributed by atoms with E-state index in [0.29, 0.717) is 0 Å². The fraction of sp³-hybridized carbons (Fsp3) is 0.476. The van der Waals surface area contributed by atoms with Crippen molar-refractivity contribution in [1.29, 1.82) is 0 Å². The standard InChI is InChI=1S/C21H28N2O6/c1-2-8-16(18(24)20(26)23-28)19(25)22-17(13-14-9-4-3-5-10-14)21(27)29-15-11-6-7-12-15/h2-5,9-10,15-18,24,28H,1,6-8,11-13H2,(H,22,25)(H,23,26)/t16-,17+,18+/m1/s1. The van der Waals surface area contributed by atoms with Crippen LogP contribution in [0.3, 0.4) is 0 Å². The summed E-state index contributed by atoms with van der Waals surface area (Å²) in [6.45, 7) is 3.52. The van der Waals surface area contributed by atoms with Gasteiger partial charge in [-0.15, -0.1) is 6.58 Å². The molecule has 8 heteroatoms. The van der Waals surface area contributed by atoms with Crippen LogP contribution in [0.25, 0.3) is 0 Å². The maximum atomic E-state index is 12.7. The Hall–Kier alpha value is -2.71. The molecule has 0 spiro atoms. The Bertz CT molecular complexity index is 702. The third-order valence-electron chi connectivity index (χ3n) is 4.99. The first-order valence-corrected chi connectivity index (χ1v) is 9.74. The first-order chi connectivity index (χ1) is 14.0. The second kappa shape index (κ2) is 11.3. The lowest BCUT2D eigenvalue weighted by molar-refractivity contribution is -0.154. The molecule has 0 unspecified atom stereocenters. The molecule has 2 rings (SSSR count). The predicted octanol–water partition coefficient (Wildman–Crippen LogP) is 1.26. The Morgan fingerprint density at radius 3 is 2.41 bits per heavy atom. The first-order valence-electron chi connectivity index (χ1n) is 9.74. The van der Waals surface area contributed by atoms with Crippen LogP contribution in [0.5, 0.6) is 0 Å². The number of esters is 1. The van der Waals surface area contributed by atoms with Gasteiger partial charge in [0, 0.05) is 6.42 Å². The van der Waals surface area contributed by atoms with Gasteiger partial charge in [0.2, 0.25) is 5.91 Å². The molecule has 0 aromatic heterocycles. The third kappa shape index (κ3) is 6.69. The quantitative estimate of drug-likeness (QED) is 0.201. The molecule has 0 heterocycles. The minimum Gasteiger partial charge on any atom is -0.461 e. The number of amides is 2. The van der Waals surface area contributed by atoms with Gasteiger partial charge in [-0.1, -0.05) is 36.4 Å². The van der Waals surface area contributed by atoms with E-state index in [1.54, 1.807) is 0 Å². The van der Waals surface area contributed by atoms with Gasteiger partial charge in [0.15, 0.2) is 0 Å². The number of hydrogen-bond acceptors (Lipinski definition) is 6. The van der Waals surface area contributed by atoms with Crippen molar-refractivity contribution < 1.29 is 29.4 Å². The van der Waals surface area contributed by atoms with Crippen LogP contribution in [0.2, 0.25) is 0 Å². The van der Waals surface area contributed by atoms with Crippen molar-refractivity contribution in [1.82, 2.24) is 10.8 Å². The lowest BCUT2D eigenvalue weighted by Gasteiger charge is -2.24. The van der Waals surface area contributed by atoms with Crippen LogP contribution in [-0.2, 0) is 25.5 Å². The molecule has 2 amide bonds. The summed E-state index contributed by atoms with van der Waals surface area (Å²) in [5.41, 5.74) is 2.16. The van der Waals surface area contributed by atoms with E-state index >= 15 is 0 Å². The van der Waals surface area contributed by atoms with Crippen LogP contribution < -0.4 is 10.8 Å². The first kappa shape index (κ1) is 22.6. The number of aliphatic hydroxyl groups excluding tert-OH is 1. The van der Waals surface area contributed by atoms with Crippen molar-refractivity contribution in [2.24, 2.45) is 5.92 Å². The topological polar surface area (TPSA) is 125 Å². The summed E-state index contributed by atoms with van der Waals surface area (Å²) in [5.74, 6) is -3.57. The molecular formula is C21H28N2O6. The number of carbonyl (C=O) groups is 3. The Labute approximate surface area is 169 Å². The van der Waals surface area contributed by atoms with E-state index in [2.05, 4.69) is 11.9 Å². The summed E-state index contributed by atoms with van der Waals surface area (Å²) < 4.78 is 5.56. The number of aliphatic hydroxyl groups is 1. The molecule has 3 atom stereocenters. The minimum absolute atomic E-state index is 0.0177. The highest BCUT2D eigenvalue weighted by Crippen LogP contribution is 2.22. The molecule has 0 saturated heterocycles. The van der Waals surface area contributed by atoms with Crippen LogP contribution in [-0.4, -0.2) is 46.3 Å². The summed E-state index contributed by atoms with van der Waals surface area (Å²) in [7, 11) is 0. The number of rotatable bonds is 10. The van der Waals surface area contributed by atoms with Crippen LogP contribution in [0.15, 0.2) is 43.0 Å². The van der Waals surface area contributed by atoms with Gasteiger partial charge >= 0.3 is 5.97 Å². The third-order valence-corrected chi connectivity index (χ3v) is 4.99. The Balaban J connectivity index is 2.14. The summed E-state index contributed by atoms with van der Waals surface area (Å²) in [6, 6.07) is 8.19. The van der Waals surface area contributed by atoms with Crippen molar-refractivity contribution >= 4 is 17.8 Å². The van der Waals surface area contributed by atoms with Crippen LogP contribution in [0.4, 0.5) is 0 Å². The number of ether oxygens (including phenoxy) is 1. The number of nitrogens with one attached hydrogen (secondary N) is 2. The fourth-order valence-corrected chi connectivity index (χ4v) is 3.38. The van der Waals surface area contributed by atoms with Gasteiger partial charge in [0.05, 0.1) is 5.92 Å². The van der Waals surface area contributed by atoms with Crippen LogP contribution in [0, 0.1) is 5.92 Å². The second-order valence-corrected chi connectivity index (χ2v) is 7.15. The van der Waals surface area contributed by atoms with Crippen LogP contribution >= 0.6 is 0 Å². The molecule has 4 N–H and O–H groups in total. The van der Waals surface area contributed by atoms with Gasteiger partial charge in [0.1, 0.15) is 18.2 Å². The molecule has 1 aromatic carbocycles. The van der Waals surface area contributed by atoms with Crippen molar-refractivity contribution in [3.63, 3.8) is 0 Å². The maximum Gasteiger partial charge on any atom is 0.329 e. The van der Waals surface area contributed by atoms with E-state index in [9.17, 15) is 19.5 Å². The van der Waals surface area contributed by atoms with E-state index in [1.807, 2.05) is 30.3 Å². The van der Waals surface area contributed by atoms with Gasteiger partial charge in [-0.2, -0.15) is 0 Å². The normalized spacial score (nSPS) is 17.0. The Morgan fingerprint density at radius 1 is 1.17 bits per heavy atom. The molecule has 0 aliphatic heterocycles. The molecule has 29 heavy (non-hydrogen) atoms. The Morgan fingerprint density at radius 2 is 1.83 bits per heavy atom. The van der Waals surface area contributed by atoms with Gasteiger partial charge in [-0.3, -0.25) is 14.8 Å². The zero-order chi connectivity index (χ0) is 21.2. The van der Waals surface area contributed by atoms with Crippen molar-refractivity contribution in [3.05, 3.63) is 48.6 Å². The summed E-state index contributed by atoms with van der Waals surface area (Å²) in [6.07, 6.45) is 3.21. The number of carbonyl (C=O) groups excluding carboxylic acids is 3. The fourth-order valence-electron chi connectivity index (χ4n) is 3.38. The number of allylic oxidation sites excluding steroid dienone is 1. The molecule has 1 aromatic rings. The minimum atomic E-state index is -1.79. The summed E-state index contributed by atoms with van der Waals surface area (Å²) in [5, 5.41) is 21.4. The van der Waals surface area contributed by atoms with E-state index in [1.165, 1.54) is 11.6 Å². The Kier molecular flexibility index (Phi) is 8.82. The molecule has 158 valence electrons. The van der Waals surface area contributed by atoms with Gasteiger partial charge in [-0.25, -0.2) is 10.3 Å². The lowest BCUT2D eigenvalue weighted by atomic mass is 9.95. The predicted molar refractivity (Wildman–Crippen MR) is 105 cm³/mol. The van der Waals surface area contributed by atoms with Crippen molar-refractivity contribution in [2.45, 2.75) is 56.8 Å². The van der Waals surface area contributed by atoms with E-state index < -0.39 is 35.8 Å². The molecule has 0 radical (unpaired) electrons. The largest absolute Gasteiger partial charge is 0.461 e. The molecule has 1 aliphatic rings. The number of hydrogen-bond donors (Lipinski definition) is 4. The highest BCUT2D eigenvalue weighted by atomic mass is 16.5. The number of hydroxylamine groups is 1. The maximum absolute atomic E-state index is 12.7. The smallest absolute Gasteiger partial charge is 0.329 e. The summed E-state index contributed by atoms with van der Waals surface area (Å²) >= 11 is 0. The second-order valence-electron chi connectivity index (χ2n) is 7.15. The van der Waals surface area contributed by atoms with E-state index in [-0.39, 0.29) is 18.9 Å². The zero-order valence-corrected chi connectivity index (χ0v) is 16.3. The molecular weight excluding hydrogens is 376 g/mol. The highest BCUT2D eigenvalue weighted by molar-refractivity contribution is 5.91. The summed E-state index contributed by atoms with van der Waals surface area (Å²) in [4.78, 5) is 37.0. The zero-order valence-electron chi connectivity index (χ0n) is 16.3. The molecule has 0 bridgehead atoms. The molecule has 8 nitrogen and oxygen atoms in total. The average Bonchev–Trinajstić information content (AvgIpc) is 3.24. The molecule has 1 aliphatic carbocycles. The van der Waals surface area contributed by atoms with E-state index in [0.717, 1.165) is 31.2 Å². The van der Waals surface area contributed by atoms with Crippen LogP contribution in [0.1, 0.15) is 37.7 Å². The average molecular weight is 404 g/mol. The van der Waals surface area contributed by atoms with Crippen molar-refractivity contribution in [3.8, 4) is 0 Å². The van der Waals surface area contributed by atoms with E-state index in [4.69, 9.17) is 9.94 Å². The van der Waals surface area contributed by atoms with Gasteiger partial charge in [-0.05, 0) is 37.7 Å². The van der Waals surface area contributed by atoms with Crippen molar-refractivity contribution in [2.75, 3.05) is 0 Å². The van der Waals surface area contributed by atoms with Gasteiger partial charge in [0.25, 0.3) is 5.91 Å². The highest BCUT2D eigenvalue weighted by Gasteiger charge is 2.34. The monoisotopic (exact) mass is 404 g/mol. The SMILES string of the molecule is C=CC[C@@H](C(=O)N[C@@H](Cc1ccccc1)C(=O)OC1CCCC1)[C@H](O)C(=O)NO. The molecule has 1 saturated carbocycles. The van der Waals surface area contributed by atoms with Gasteiger partial charge < -0.3 is 15.2 Å². The molecule has 1 fully saturated rings. The number of benzene rings is 1. The lowest BCUT2D eigenvalue weighted by Crippen LogP contribution is -2.51.